The second kappa shape index (κ2) is 9.73. The number of nitrogens with one attached hydrogen (secondary N) is 2. The highest BCUT2D eigenvalue weighted by atomic mass is 32.1. The van der Waals surface area contributed by atoms with Gasteiger partial charge in [-0.15, -0.1) is 11.3 Å². The molecule has 2 aromatic heterocycles. The van der Waals surface area contributed by atoms with E-state index in [-0.39, 0.29) is 17.3 Å². The van der Waals surface area contributed by atoms with E-state index in [1.807, 2.05) is 4.90 Å². The van der Waals surface area contributed by atoms with Gasteiger partial charge in [0.05, 0.1) is 5.69 Å². The lowest BCUT2D eigenvalue weighted by atomic mass is 10.2. The van der Waals surface area contributed by atoms with Crippen LogP contribution in [0.2, 0.25) is 0 Å². The Hall–Kier alpha value is -3.53. The lowest BCUT2D eigenvalue weighted by Crippen LogP contribution is -2.48. The van der Waals surface area contributed by atoms with E-state index in [0.29, 0.717) is 49.8 Å². The highest BCUT2D eigenvalue weighted by molar-refractivity contribution is 7.14. The van der Waals surface area contributed by atoms with Crippen molar-refractivity contribution in [3.63, 3.8) is 0 Å². The van der Waals surface area contributed by atoms with E-state index in [1.54, 1.807) is 23.6 Å². The average molecular weight is 456 g/mol. The van der Waals surface area contributed by atoms with E-state index in [9.17, 15) is 18.8 Å². The van der Waals surface area contributed by atoms with Crippen molar-refractivity contribution >= 4 is 34.0 Å². The molecule has 1 aromatic carbocycles. The summed E-state index contributed by atoms with van der Waals surface area (Å²) >= 11 is 1.25. The topological polar surface area (TPSA) is 98.4 Å². The molecule has 2 N–H and O–H groups in total. The van der Waals surface area contributed by atoms with E-state index in [1.165, 1.54) is 35.7 Å². The number of rotatable bonds is 6. The normalized spacial score (nSPS) is 13.8. The van der Waals surface area contributed by atoms with Crippen molar-refractivity contribution in [2.45, 2.75) is 12.8 Å². The number of thiazole rings is 1. The Kier molecular flexibility index (Phi) is 6.60. The van der Waals surface area contributed by atoms with E-state index in [4.69, 9.17) is 0 Å². The number of benzene rings is 1. The third kappa shape index (κ3) is 5.20. The van der Waals surface area contributed by atoms with Gasteiger partial charge >= 0.3 is 0 Å². The predicted molar refractivity (Wildman–Crippen MR) is 121 cm³/mol. The molecule has 0 unspecified atom stereocenters. The highest BCUT2D eigenvalue weighted by Gasteiger charge is 2.21. The Morgan fingerprint density at radius 3 is 2.59 bits per heavy atom. The zero-order chi connectivity index (χ0) is 22.5. The standard InChI is InChI=1S/C22H22FN5O3S/c23-15-3-6-17(7-4-15)27-10-12-28(13-11-27)19(29)8-5-16-14-32-22(25-16)26-21(31)18-2-1-9-24-20(18)30/h1-4,6-7,9,14H,5,8,10-13H2,(H,24,30)(H,25,26,31). The number of amides is 2. The first kappa shape index (κ1) is 21.7. The molecule has 3 heterocycles. The van der Waals surface area contributed by atoms with Gasteiger partial charge in [-0.3, -0.25) is 19.7 Å². The summed E-state index contributed by atoms with van der Waals surface area (Å²) in [5.74, 6) is -0.734. The van der Waals surface area contributed by atoms with Crippen molar-refractivity contribution in [2.75, 3.05) is 36.4 Å². The number of carbonyl (C=O) groups excluding carboxylic acids is 2. The molecular weight excluding hydrogens is 433 g/mol. The van der Waals surface area contributed by atoms with Crippen molar-refractivity contribution in [3.05, 3.63) is 75.4 Å². The summed E-state index contributed by atoms with van der Waals surface area (Å²) in [4.78, 5) is 47.3. The van der Waals surface area contributed by atoms with Crippen LogP contribution in [0.25, 0.3) is 0 Å². The molecule has 8 nitrogen and oxygen atoms in total. The SMILES string of the molecule is O=C(Nc1nc(CCC(=O)N2CCN(c3ccc(F)cc3)CC2)cs1)c1ccc[nH]c1=O. The van der Waals surface area contributed by atoms with Crippen molar-refractivity contribution in [2.24, 2.45) is 0 Å². The Bertz CT molecular complexity index is 1150. The summed E-state index contributed by atoms with van der Waals surface area (Å²) in [5, 5.41) is 4.80. The molecule has 166 valence electrons. The Morgan fingerprint density at radius 1 is 1.12 bits per heavy atom. The fraction of sp³-hybridized carbons (Fsp3) is 0.273. The lowest BCUT2D eigenvalue weighted by molar-refractivity contribution is -0.131. The van der Waals surface area contributed by atoms with Gasteiger partial charge in [-0.2, -0.15) is 0 Å². The summed E-state index contributed by atoms with van der Waals surface area (Å²) in [6.07, 6.45) is 2.25. The number of aryl methyl sites for hydroxylation is 1. The van der Waals surface area contributed by atoms with E-state index < -0.39 is 11.5 Å². The molecule has 4 rings (SSSR count). The maximum Gasteiger partial charge on any atom is 0.263 e. The molecule has 0 radical (unpaired) electrons. The lowest BCUT2D eigenvalue weighted by Gasteiger charge is -2.36. The van der Waals surface area contributed by atoms with Crippen molar-refractivity contribution in [1.29, 1.82) is 0 Å². The van der Waals surface area contributed by atoms with Crippen LogP contribution in [0.5, 0.6) is 0 Å². The van der Waals surface area contributed by atoms with Crippen LogP contribution in [0.3, 0.4) is 0 Å². The second-order valence-electron chi connectivity index (χ2n) is 7.36. The molecule has 0 aliphatic carbocycles. The molecule has 10 heteroatoms. The van der Waals surface area contributed by atoms with Gasteiger partial charge in [0.1, 0.15) is 11.4 Å². The summed E-state index contributed by atoms with van der Waals surface area (Å²) in [6, 6.07) is 9.40. The Morgan fingerprint density at radius 2 is 1.88 bits per heavy atom. The van der Waals surface area contributed by atoms with Crippen LogP contribution in [-0.4, -0.2) is 52.9 Å². The first-order chi connectivity index (χ1) is 15.5. The fourth-order valence-corrected chi connectivity index (χ4v) is 4.24. The second-order valence-corrected chi connectivity index (χ2v) is 8.21. The van der Waals surface area contributed by atoms with Gasteiger partial charge < -0.3 is 14.8 Å². The number of hydrogen-bond acceptors (Lipinski definition) is 6. The van der Waals surface area contributed by atoms with Gasteiger partial charge in [0.25, 0.3) is 11.5 Å². The van der Waals surface area contributed by atoms with Gasteiger partial charge in [0, 0.05) is 49.9 Å². The number of hydrogen-bond donors (Lipinski definition) is 2. The molecular formula is C22H22FN5O3S. The molecule has 0 bridgehead atoms. The molecule has 0 spiro atoms. The maximum absolute atomic E-state index is 13.1. The monoisotopic (exact) mass is 455 g/mol. The van der Waals surface area contributed by atoms with E-state index >= 15 is 0 Å². The van der Waals surface area contributed by atoms with Gasteiger partial charge in [-0.1, -0.05) is 0 Å². The minimum atomic E-state index is -0.525. The number of aromatic amines is 1. The van der Waals surface area contributed by atoms with Crippen molar-refractivity contribution in [1.82, 2.24) is 14.9 Å². The minimum Gasteiger partial charge on any atom is -0.368 e. The van der Waals surface area contributed by atoms with Crippen LogP contribution >= 0.6 is 11.3 Å². The molecule has 1 fully saturated rings. The summed E-state index contributed by atoms with van der Waals surface area (Å²) in [7, 11) is 0. The quantitative estimate of drug-likeness (QED) is 0.595. The average Bonchev–Trinajstić information content (AvgIpc) is 3.25. The Labute approximate surface area is 187 Å². The number of carbonyl (C=O) groups is 2. The molecule has 0 atom stereocenters. The number of pyridine rings is 1. The summed E-state index contributed by atoms with van der Waals surface area (Å²) < 4.78 is 13.1. The number of H-pyrrole nitrogens is 1. The van der Waals surface area contributed by atoms with Gasteiger partial charge in [0.2, 0.25) is 5.91 Å². The Balaban J connectivity index is 1.25. The molecule has 32 heavy (non-hydrogen) atoms. The summed E-state index contributed by atoms with van der Waals surface area (Å²) in [6.45, 7) is 2.62. The van der Waals surface area contributed by atoms with Gasteiger partial charge in [-0.05, 0) is 42.8 Å². The van der Waals surface area contributed by atoms with Crippen LogP contribution in [0, 0.1) is 5.82 Å². The minimum absolute atomic E-state index is 0.0132. The maximum atomic E-state index is 13.1. The largest absolute Gasteiger partial charge is 0.368 e. The number of nitrogens with zero attached hydrogens (tertiary/aromatic N) is 3. The molecule has 1 saturated heterocycles. The predicted octanol–water partition coefficient (Wildman–Crippen LogP) is 2.50. The van der Waals surface area contributed by atoms with Gasteiger partial charge in [-0.25, -0.2) is 9.37 Å². The highest BCUT2D eigenvalue weighted by Crippen LogP contribution is 2.19. The smallest absolute Gasteiger partial charge is 0.263 e. The molecule has 0 saturated carbocycles. The van der Waals surface area contributed by atoms with Crippen LogP contribution in [0.15, 0.2) is 52.8 Å². The number of halogens is 1. The zero-order valence-electron chi connectivity index (χ0n) is 17.2. The van der Waals surface area contributed by atoms with E-state index in [2.05, 4.69) is 20.2 Å². The molecule has 3 aromatic rings. The first-order valence-corrected chi connectivity index (χ1v) is 11.1. The van der Waals surface area contributed by atoms with E-state index in [0.717, 1.165) is 5.69 Å². The first-order valence-electron chi connectivity index (χ1n) is 10.2. The van der Waals surface area contributed by atoms with Crippen molar-refractivity contribution < 1.29 is 14.0 Å². The van der Waals surface area contributed by atoms with Crippen LogP contribution in [0.1, 0.15) is 22.5 Å². The van der Waals surface area contributed by atoms with Crippen molar-refractivity contribution in [3.8, 4) is 0 Å². The molecule has 1 aliphatic heterocycles. The third-order valence-corrected chi connectivity index (χ3v) is 6.06. The van der Waals surface area contributed by atoms with Crippen LogP contribution in [0.4, 0.5) is 15.2 Å². The third-order valence-electron chi connectivity index (χ3n) is 5.25. The van der Waals surface area contributed by atoms with Gasteiger partial charge in [0.15, 0.2) is 5.13 Å². The summed E-state index contributed by atoms with van der Waals surface area (Å²) in [5.41, 5.74) is 1.21. The zero-order valence-corrected chi connectivity index (χ0v) is 18.0. The number of piperazine rings is 1. The number of anilines is 2. The van der Waals surface area contributed by atoms with Crippen LogP contribution in [-0.2, 0) is 11.2 Å². The molecule has 2 amide bonds. The fourth-order valence-electron chi connectivity index (χ4n) is 3.50. The molecule has 1 aliphatic rings. The van der Waals surface area contributed by atoms with Crippen LogP contribution < -0.4 is 15.8 Å². The number of aromatic nitrogens is 2.